The van der Waals surface area contributed by atoms with Crippen LogP contribution in [0.1, 0.15) is 32.3 Å². The second-order valence-electron chi connectivity index (χ2n) is 5.41. The molecule has 0 spiro atoms. The standard InChI is InChI=1S/C14H21ClN2/c1-14(2,11-5-7-12(15)8-6-11)17-9-3-4-13(16)10-17/h5-8,13H,3-4,9-10,16H2,1-2H3/t13-/m0/s1. The largest absolute Gasteiger partial charge is 0.327 e. The lowest BCUT2D eigenvalue weighted by molar-refractivity contribution is 0.0844. The first-order valence-electron chi connectivity index (χ1n) is 6.27. The van der Waals surface area contributed by atoms with Crippen molar-refractivity contribution in [1.82, 2.24) is 4.90 Å². The number of benzene rings is 1. The summed E-state index contributed by atoms with van der Waals surface area (Å²) >= 11 is 5.94. The Hall–Kier alpha value is -0.570. The topological polar surface area (TPSA) is 29.3 Å². The second kappa shape index (κ2) is 4.97. The Balaban J connectivity index is 2.19. The van der Waals surface area contributed by atoms with Crippen LogP contribution in [0.15, 0.2) is 24.3 Å². The van der Waals surface area contributed by atoms with Crippen molar-refractivity contribution in [3.05, 3.63) is 34.9 Å². The van der Waals surface area contributed by atoms with Crippen LogP contribution in [0.25, 0.3) is 0 Å². The quantitative estimate of drug-likeness (QED) is 0.877. The molecule has 0 saturated carbocycles. The van der Waals surface area contributed by atoms with Gasteiger partial charge in [-0.25, -0.2) is 0 Å². The van der Waals surface area contributed by atoms with E-state index in [0.717, 1.165) is 24.5 Å². The number of nitrogens with zero attached hydrogens (tertiary/aromatic N) is 1. The Labute approximate surface area is 109 Å². The number of likely N-dealkylation sites (tertiary alicyclic amines) is 1. The predicted octanol–water partition coefficient (Wildman–Crippen LogP) is 3.00. The summed E-state index contributed by atoms with van der Waals surface area (Å²) in [7, 11) is 0. The van der Waals surface area contributed by atoms with Gasteiger partial charge < -0.3 is 5.73 Å². The maximum atomic E-state index is 6.06. The van der Waals surface area contributed by atoms with Gasteiger partial charge in [-0.05, 0) is 50.9 Å². The molecule has 0 radical (unpaired) electrons. The molecule has 1 aromatic rings. The summed E-state index contributed by atoms with van der Waals surface area (Å²) in [4.78, 5) is 2.48. The van der Waals surface area contributed by atoms with E-state index in [-0.39, 0.29) is 5.54 Å². The summed E-state index contributed by atoms with van der Waals surface area (Å²) in [5.41, 5.74) is 7.39. The monoisotopic (exact) mass is 252 g/mol. The van der Waals surface area contributed by atoms with Gasteiger partial charge in [0, 0.05) is 23.1 Å². The van der Waals surface area contributed by atoms with Gasteiger partial charge in [-0.3, -0.25) is 4.90 Å². The van der Waals surface area contributed by atoms with E-state index >= 15 is 0 Å². The lowest BCUT2D eigenvalue weighted by atomic mass is 9.89. The van der Waals surface area contributed by atoms with Crippen LogP contribution in [0, 0.1) is 0 Å². The third-order valence-corrected chi connectivity index (χ3v) is 4.05. The summed E-state index contributed by atoms with van der Waals surface area (Å²) < 4.78 is 0. The zero-order chi connectivity index (χ0) is 12.5. The van der Waals surface area contributed by atoms with Crippen molar-refractivity contribution in [3.63, 3.8) is 0 Å². The average Bonchev–Trinajstić information content (AvgIpc) is 2.29. The molecule has 3 heteroatoms. The van der Waals surface area contributed by atoms with Crippen LogP contribution in [-0.2, 0) is 5.54 Å². The molecule has 0 bridgehead atoms. The maximum Gasteiger partial charge on any atom is 0.0406 e. The molecule has 1 heterocycles. The molecule has 1 atom stereocenters. The minimum absolute atomic E-state index is 0.0304. The fourth-order valence-electron chi connectivity index (χ4n) is 2.56. The molecule has 1 aliphatic rings. The van der Waals surface area contributed by atoms with Crippen LogP contribution in [0.4, 0.5) is 0 Å². The molecule has 2 nitrogen and oxygen atoms in total. The van der Waals surface area contributed by atoms with E-state index in [1.54, 1.807) is 0 Å². The van der Waals surface area contributed by atoms with Gasteiger partial charge in [0.15, 0.2) is 0 Å². The van der Waals surface area contributed by atoms with Gasteiger partial charge in [-0.2, -0.15) is 0 Å². The van der Waals surface area contributed by atoms with Crippen LogP contribution in [0.3, 0.4) is 0 Å². The van der Waals surface area contributed by atoms with Gasteiger partial charge in [0.25, 0.3) is 0 Å². The van der Waals surface area contributed by atoms with E-state index < -0.39 is 0 Å². The minimum atomic E-state index is 0.0304. The summed E-state index contributed by atoms with van der Waals surface area (Å²) in [5.74, 6) is 0. The van der Waals surface area contributed by atoms with E-state index in [1.165, 1.54) is 12.0 Å². The summed E-state index contributed by atoms with van der Waals surface area (Å²) in [6, 6.07) is 8.46. The molecule has 1 aromatic carbocycles. The molecular weight excluding hydrogens is 232 g/mol. The third-order valence-electron chi connectivity index (χ3n) is 3.80. The van der Waals surface area contributed by atoms with Crippen molar-refractivity contribution in [1.29, 1.82) is 0 Å². The van der Waals surface area contributed by atoms with E-state index in [4.69, 9.17) is 17.3 Å². The van der Waals surface area contributed by atoms with E-state index in [9.17, 15) is 0 Å². The zero-order valence-electron chi connectivity index (χ0n) is 10.6. The molecule has 0 amide bonds. The number of rotatable bonds is 2. The first kappa shape index (κ1) is 12.9. The van der Waals surface area contributed by atoms with E-state index in [2.05, 4.69) is 30.9 Å². The van der Waals surface area contributed by atoms with Crippen molar-refractivity contribution in [2.75, 3.05) is 13.1 Å². The summed E-state index contributed by atoms with van der Waals surface area (Å²) in [5, 5.41) is 0.792. The van der Waals surface area contributed by atoms with Crippen molar-refractivity contribution in [2.45, 2.75) is 38.3 Å². The molecular formula is C14H21ClN2. The fourth-order valence-corrected chi connectivity index (χ4v) is 2.68. The van der Waals surface area contributed by atoms with Crippen LogP contribution < -0.4 is 5.73 Å². The Morgan fingerprint density at radius 2 is 1.94 bits per heavy atom. The summed E-state index contributed by atoms with van der Waals surface area (Å²) in [6.45, 7) is 6.63. The molecule has 17 heavy (non-hydrogen) atoms. The van der Waals surface area contributed by atoms with Crippen LogP contribution >= 0.6 is 11.6 Å². The molecule has 0 unspecified atom stereocenters. The highest BCUT2D eigenvalue weighted by Crippen LogP contribution is 2.30. The Morgan fingerprint density at radius 3 is 2.53 bits per heavy atom. The van der Waals surface area contributed by atoms with Crippen molar-refractivity contribution >= 4 is 11.6 Å². The number of halogens is 1. The van der Waals surface area contributed by atoms with Crippen molar-refractivity contribution < 1.29 is 0 Å². The second-order valence-corrected chi connectivity index (χ2v) is 5.85. The van der Waals surface area contributed by atoms with Crippen LogP contribution in [0.2, 0.25) is 5.02 Å². The van der Waals surface area contributed by atoms with Gasteiger partial charge in [-0.15, -0.1) is 0 Å². The maximum absolute atomic E-state index is 6.06. The van der Waals surface area contributed by atoms with Crippen molar-refractivity contribution in [2.24, 2.45) is 5.73 Å². The predicted molar refractivity (Wildman–Crippen MR) is 73.3 cm³/mol. The molecule has 2 N–H and O–H groups in total. The van der Waals surface area contributed by atoms with Gasteiger partial charge in [0.1, 0.15) is 0 Å². The first-order chi connectivity index (χ1) is 8.00. The SMILES string of the molecule is CC(C)(c1ccc(Cl)cc1)N1CCC[C@H](N)C1. The highest BCUT2D eigenvalue weighted by molar-refractivity contribution is 6.30. The Morgan fingerprint density at radius 1 is 1.29 bits per heavy atom. The number of nitrogens with two attached hydrogens (primary N) is 1. The number of hydrogen-bond acceptors (Lipinski definition) is 2. The fraction of sp³-hybridized carbons (Fsp3) is 0.571. The van der Waals surface area contributed by atoms with E-state index in [0.29, 0.717) is 6.04 Å². The number of piperidine rings is 1. The van der Waals surface area contributed by atoms with Gasteiger partial charge >= 0.3 is 0 Å². The van der Waals surface area contributed by atoms with Crippen molar-refractivity contribution in [3.8, 4) is 0 Å². The molecule has 0 aliphatic carbocycles. The first-order valence-corrected chi connectivity index (χ1v) is 6.64. The molecule has 1 aliphatic heterocycles. The number of hydrogen-bond donors (Lipinski definition) is 1. The van der Waals surface area contributed by atoms with Gasteiger partial charge in [0.05, 0.1) is 0 Å². The van der Waals surface area contributed by atoms with Crippen LogP contribution in [-0.4, -0.2) is 24.0 Å². The highest BCUT2D eigenvalue weighted by atomic mass is 35.5. The van der Waals surface area contributed by atoms with Gasteiger partial charge in [0.2, 0.25) is 0 Å². The third kappa shape index (κ3) is 2.82. The molecule has 1 fully saturated rings. The average molecular weight is 253 g/mol. The molecule has 94 valence electrons. The highest BCUT2D eigenvalue weighted by Gasteiger charge is 2.31. The minimum Gasteiger partial charge on any atom is -0.327 e. The molecule has 1 saturated heterocycles. The Kier molecular flexibility index (Phi) is 3.76. The smallest absolute Gasteiger partial charge is 0.0406 e. The normalized spacial score (nSPS) is 22.7. The lowest BCUT2D eigenvalue weighted by Crippen LogP contribution is -2.51. The molecule has 0 aromatic heterocycles. The van der Waals surface area contributed by atoms with E-state index in [1.807, 2.05) is 12.1 Å². The summed E-state index contributed by atoms with van der Waals surface area (Å²) in [6.07, 6.45) is 2.34. The Bertz CT molecular complexity index is 372. The lowest BCUT2D eigenvalue weighted by Gasteiger charge is -2.43. The van der Waals surface area contributed by atoms with Gasteiger partial charge in [-0.1, -0.05) is 23.7 Å². The zero-order valence-corrected chi connectivity index (χ0v) is 11.4. The molecule has 2 rings (SSSR count). The van der Waals surface area contributed by atoms with Crippen LogP contribution in [0.5, 0.6) is 0 Å².